The Labute approximate surface area is 146 Å². The summed E-state index contributed by atoms with van der Waals surface area (Å²) in [4.78, 5) is 5.36. The number of nitrogens with two attached hydrogens (primary N) is 1. The van der Waals surface area contributed by atoms with Crippen molar-refractivity contribution in [1.29, 1.82) is 5.41 Å². The molecule has 0 saturated heterocycles. The Morgan fingerprint density at radius 3 is 2.50 bits per heavy atom. The number of aliphatic imine (C=N–C) groups is 1. The number of aromatic hydroxyl groups is 1. The highest BCUT2D eigenvalue weighted by Gasteiger charge is 2.05. The molecule has 24 heavy (non-hydrogen) atoms. The van der Waals surface area contributed by atoms with Gasteiger partial charge in [-0.1, -0.05) is 26.0 Å². The number of pyridine rings is 1. The fourth-order valence-corrected chi connectivity index (χ4v) is 2.91. The summed E-state index contributed by atoms with van der Waals surface area (Å²) in [6, 6.07) is 10.5. The first-order valence-corrected chi connectivity index (χ1v) is 8.59. The van der Waals surface area contributed by atoms with Crippen molar-refractivity contribution in [1.82, 2.24) is 8.87 Å². The highest BCUT2D eigenvalue weighted by Crippen LogP contribution is 2.20. The van der Waals surface area contributed by atoms with Crippen molar-refractivity contribution in [2.45, 2.75) is 25.3 Å². The third-order valence-electron chi connectivity index (χ3n) is 3.47. The molecule has 1 aromatic heterocycles. The molecular formula is C17H23N5OS. The highest BCUT2D eigenvalue weighted by atomic mass is 32.2. The number of rotatable bonds is 6. The summed E-state index contributed by atoms with van der Waals surface area (Å²) in [6.07, 6.45) is 1.83. The minimum atomic E-state index is 0.222. The van der Waals surface area contributed by atoms with Crippen LogP contribution in [0.4, 0.5) is 0 Å². The van der Waals surface area contributed by atoms with E-state index in [2.05, 4.69) is 23.1 Å². The van der Waals surface area contributed by atoms with Gasteiger partial charge in [-0.2, -0.15) is 0 Å². The lowest BCUT2D eigenvalue weighted by molar-refractivity contribution is 0.475. The third kappa shape index (κ3) is 4.87. The van der Waals surface area contributed by atoms with Gasteiger partial charge in [0.1, 0.15) is 11.2 Å². The largest absolute Gasteiger partial charge is 0.508 e. The predicted molar refractivity (Wildman–Crippen MR) is 97.9 cm³/mol. The Balaban J connectivity index is 2.18. The average Bonchev–Trinajstić information content (AvgIpc) is 2.60. The lowest BCUT2D eigenvalue weighted by Gasteiger charge is -2.17. The van der Waals surface area contributed by atoms with Crippen LogP contribution < -0.4 is 11.2 Å². The van der Waals surface area contributed by atoms with Gasteiger partial charge in [-0.15, -0.1) is 0 Å². The van der Waals surface area contributed by atoms with Gasteiger partial charge in [-0.25, -0.2) is 9.30 Å². The summed E-state index contributed by atoms with van der Waals surface area (Å²) in [6.45, 7) is 6.49. The van der Waals surface area contributed by atoms with E-state index in [0.29, 0.717) is 6.54 Å². The maximum atomic E-state index is 9.30. The van der Waals surface area contributed by atoms with Crippen LogP contribution in [0.5, 0.6) is 5.75 Å². The molecule has 0 aliphatic rings. The minimum Gasteiger partial charge on any atom is -0.508 e. The van der Waals surface area contributed by atoms with E-state index in [9.17, 15) is 5.11 Å². The summed E-state index contributed by atoms with van der Waals surface area (Å²) < 4.78 is 3.79. The topological polar surface area (TPSA) is 90.6 Å². The number of phenolic OH excluding ortho intramolecular Hbond substituents is 1. The van der Waals surface area contributed by atoms with Crippen LogP contribution in [0, 0.1) is 5.41 Å². The van der Waals surface area contributed by atoms with Crippen molar-refractivity contribution in [3.63, 3.8) is 0 Å². The van der Waals surface area contributed by atoms with E-state index >= 15 is 0 Å². The quantitative estimate of drug-likeness (QED) is 0.426. The summed E-state index contributed by atoms with van der Waals surface area (Å²) in [5.74, 6) is 0.495. The van der Waals surface area contributed by atoms with Crippen LogP contribution in [0.15, 0.2) is 52.5 Å². The van der Waals surface area contributed by atoms with Gasteiger partial charge in [-0.3, -0.25) is 9.98 Å². The third-order valence-corrected chi connectivity index (χ3v) is 4.69. The van der Waals surface area contributed by atoms with Crippen molar-refractivity contribution >= 4 is 17.9 Å². The molecule has 0 spiro atoms. The molecule has 0 atom stereocenters. The Morgan fingerprint density at radius 1 is 1.21 bits per heavy atom. The molecule has 0 fully saturated rings. The standard InChI is InChI=1S/C17H23N5OS/c1-3-21(4-2)24-15-9-10-16(18)22(12-15)17(19)20-11-13-5-7-14(23)8-6-13/h5-10,12,18,23H,3-4,11H2,1-2H3,(H2,19,20). The van der Waals surface area contributed by atoms with Crippen molar-refractivity contribution in [2.24, 2.45) is 10.7 Å². The van der Waals surface area contributed by atoms with Crippen LogP contribution in [-0.2, 0) is 6.54 Å². The van der Waals surface area contributed by atoms with Crippen LogP contribution in [0.1, 0.15) is 19.4 Å². The lowest BCUT2D eigenvalue weighted by atomic mass is 10.2. The zero-order valence-electron chi connectivity index (χ0n) is 13.9. The van der Waals surface area contributed by atoms with Crippen LogP contribution in [0.2, 0.25) is 0 Å². The predicted octanol–water partition coefficient (Wildman–Crippen LogP) is 2.39. The van der Waals surface area contributed by atoms with Gasteiger partial charge in [0.05, 0.1) is 6.54 Å². The molecule has 1 heterocycles. The number of phenols is 1. The van der Waals surface area contributed by atoms with E-state index in [-0.39, 0.29) is 17.2 Å². The number of benzene rings is 1. The van der Waals surface area contributed by atoms with Gasteiger partial charge in [0.15, 0.2) is 0 Å². The Morgan fingerprint density at radius 2 is 1.88 bits per heavy atom. The van der Waals surface area contributed by atoms with E-state index in [0.717, 1.165) is 23.5 Å². The molecule has 0 radical (unpaired) electrons. The molecule has 0 unspecified atom stereocenters. The first-order valence-electron chi connectivity index (χ1n) is 7.82. The monoisotopic (exact) mass is 345 g/mol. The number of nitrogens with one attached hydrogen (secondary N) is 1. The van der Waals surface area contributed by atoms with Gasteiger partial charge in [0.2, 0.25) is 5.96 Å². The van der Waals surface area contributed by atoms with Crippen molar-refractivity contribution in [3.05, 3.63) is 53.6 Å². The molecule has 6 nitrogen and oxygen atoms in total. The number of nitrogens with zero attached hydrogens (tertiary/aromatic N) is 3. The first-order chi connectivity index (χ1) is 11.5. The van der Waals surface area contributed by atoms with Gasteiger partial charge < -0.3 is 10.8 Å². The Bertz CT molecular complexity index is 750. The fraction of sp³-hybridized carbons (Fsp3) is 0.294. The van der Waals surface area contributed by atoms with Gasteiger partial charge in [-0.05, 0) is 41.8 Å². The van der Waals surface area contributed by atoms with E-state index in [1.807, 2.05) is 12.3 Å². The van der Waals surface area contributed by atoms with Gasteiger partial charge in [0, 0.05) is 24.2 Å². The molecule has 7 heteroatoms. The second kappa shape index (κ2) is 8.56. The zero-order valence-corrected chi connectivity index (χ0v) is 14.8. The molecule has 2 aromatic rings. The molecule has 4 N–H and O–H groups in total. The van der Waals surface area contributed by atoms with Crippen LogP contribution >= 0.6 is 11.9 Å². The van der Waals surface area contributed by atoms with Gasteiger partial charge in [0.25, 0.3) is 0 Å². The van der Waals surface area contributed by atoms with E-state index in [4.69, 9.17) is 11.1 Å². The van der Waals surface area contributed by atoms with Crippen LogP contribution in [-0.4, -0.2) is 33.0 Å². The lowest BCUT2D eigenvalue weighted by Crippen LogP contribution is -2.32. The first kappa shape index (κ1) is 18.1. The molecule has 1 aromatic carbocycles. The van der Waals surface area contributed by atoms with E-state index in [1.54, 1.807) is 46.8 Å². The minimum absolute atomic E-state index is 0.222. The van der Waals surface area contributed by atoms with Gasteiger partial charge >= 0.3 is 0 Å². The van der Waals surface area contributed by atoms with Crippen LogP contribution in [0.3, 0.4) is 0 Å². The summed E-state index contributed by atoms with van der Waals surface area (Å²) in [5, 5.41) is 17.3. The van der Waals surface area contributed by atoms with Crippen LogP contribution in [0.25, 0.3) is 0 Å². The van der Waals surface area contributed by atoms with Crippen molar-refractivity contribution in [3.8, 4) is 5.75 Å². The molecule has 0 saturated carbocycles. The second-order valence-electron chi connectivity index (χ2n) is 5.17. The normalized spacial score (nSPS) is 11.9. The fourth-order valence-electron chi connectivity index (χ4n) is 2.08. The summed E-state index contributed by atoms with van der Waals surface area (Å²) in [7, 11) is 0. The number of hydrogen-bond donors (Lipinski definition) is 3. The molecular weight excluding hydrogens is 322 g/mol. The van der Waals surface area contributed by atoms with Crippen molar-refractivity contribution < 1.29 is 5.11 Å². The number of aromatic nitrogens is 1. The molecule has 0 aliphatic carbocycles. The number of hydrogen-bond acceptors (Lipinski definition) is 5. The second-order valence-corrected chi connectivity index (χ2v) is 6.34. The molecule has 0 aliphatic heterocycles. The van der Waals surface area contributed by atoms with Crippen molar-refractivity contribution in [2.75, 3.05) is 13.1 Å². The highest BCUT2D eigenvalue weighted by molar-refractivity contribution is 7.97. The SMILES string of the molecule is CCN(CC)Sc1ccc(=N)n(C(N)=NCc2ccc(O)cc2)c1. The molecule has 2 rings (SSSR count). The van der Waals surface area contributed by atoms with E-state index in [1.165, 1.54) is 0 Å². The summed E-state index contributed by atoms with van der Waals surface area (Å²) in [5.41, 5.74) is 7.28. The zero-order chi connectivity index (χ0) is 17.5. The molecule has 0 bridgehead atoms. The smallest absolute Gasteiger partial charge is 0.201 e. The summed E-state index contributed by atoms with van der Waals surface area (Å²) >= 11 is 1.64. The molecule has 0 amide bonds. The maximum absolute atomic E-state index is 9.30. The Kier molecular flexibility index (Phi) is 6.45. The molecule has 128 valence electrons. The average molecular weight is 345 g/mol. The Hall–Kier alpha value is -2.25. The maximum Gasteiger partial charge on any atom is 0.201 e. The van der Waals surface area contributed by atoms with E-state index < -0.39 is 0 Å².